The molecule has 4 heteroatoms. The fourth-order valence-electron chi connectivity index (χ4n) is 2.13. The Morgan fingerprint density at radius 3 is 2.20 bits per heavy atom. The van der Waals surface area contributed by atoms with Crippen LogP contribution in [0, 0.1) is 0 Å². The van der Waals surface area contributed by atoms with Gasteiger partial charge in [-0.25, -0.2) is 4.98 Å². The summed E-state index contributed by atoms with van der Waals surface area (Å²) in [6, 6.07) is 18.3. The van der Waals surface area contributed by atoms with Gasteiger partial charge in [-0.1, -0.05) is 48.5 Å². The maximum absolute atomic E-state index is 5.91. The van der Waals surface area contributed by atoms with Crippen molar-refractivity contribution in [2.75, 3.05) is 11.5 Å². The van der Waals surface area contributed by atoms with Crippen LogP contribution in [-0.4, -0.2) is 9.97 Å². The molecule has 0 amide bonds. The van der Waals surface area contributed by atoms with E-state index in [4.69, 9.17) is 11.5 Å². The first-order valence-corrected chi connectivity index (χ1v) is 6.28. The predicted octanol–water partition coefficient (Wildman–Crippen LogP) is 2.98. The molecule has 1 aromatic heterocycles. The summed E-state index contributed by atoms with van der Waals surface area (Å²) in [6.45, 7) is 0. The highest BCUT2D eigenvalue weighted by molar-refractivity contribution is 5.78. The lowest BCUT2D eigenvalue weighted by molar-refractivity contribution is 1.20. The standard InChI is InChI=1S/C16H14N4/c17-15-14(10-19-16(18)20-15)13-8-4-7-12(9-13)11-5-2-1-3-6-11/h1-10H,(H4,17,18,19,20). The van der Waals surface area contributed by atoms with E-state index < -0.39 is 0 Å². The summed E-state index contributed by atoms with van der Waals surface area (Å²) in [5, 5.41) is 0. The molecule has 20 heavy (non-hydrogen) atoms. The maximum atomic E-state index is 5.91. The smallest absolute Gasteiger partial charge is 0.221 e. The van der Waals surface area contributed by atoms with Gasteiger partial charge < -0.3 is 11.5 Å². The number of nitrogens with two attached hydrogens (primary N) is 2. The first-order valence-electron chi connectivity index (χ1n) is 6.28. The maximum Gasteiger partial charge on any atom is 0.221 e. The fraction of sp³-hybridized carbons (Fsp3) is 0. The van der Waals surface area contributed by atoms with Crippen LogP contribution in [-0.2, 0) is 0 Å². The molecule has 0 atom stereocenters. The molecule has 0 aliphatic rings. The SMILES string of the molecule is Nc1ncc(-c2cccc(-c3ccccc3)c2)c(N)n1. The Hall–Kier alpha value is -2.88. The highest BCUT2D eigenvalue weighted by Crippen LogP contribution is 2.28. The third-order valence-corrected chi connectivity index (χ3v) is 3.12. The minimum atomic E-state index is 0.186. The Morgan fingerprint density at radius 2 is 1.45 bits per heavy atom. The molecule has 0 aliphatic carbocycles. The van der Waals surface area contributed by atoms with Gasteiger partial charge in [0.25, 0.3) is 0 Å². The number of nitrogen functional groups attached to an aromatic ring is 2. The van der Waals surface area contributed by atoms with Gasteiger partial charge in [-0.15, -0.1) is 0 Å². The molecule has 0 bridgehead atoms. The fourth-order valence-corrected chi connectivity index (χ4v) is 2.13. The third-order valence-electron chi connectivity index (χ3n) is 3.12. The van der Waals surface area contributed by atoms with Gasteiger partial charge in [-0.2, -0.15) is 4.98 Å². The minimum absolute atomic E-state index is 0.186. The lowest BCUT2D eigenvalue weighted by Gasteiger charge is -2.07. The summed E-state index contributed by atoms with van der Waals surface area (Å²) in [7, 11) is 0. The summed E-state index contributed by atoms with van der Waals surface area (Å²) in [6.07, 6.45) is 1.65. The lowest BCUT2D eigenvalue weighted by Crippen LogP contribution is -2.00. The normalized spacial score (nSPS) is 10.4. The van der Waals surface area contributed by atoms with Crippen LogP contribution in [0.25, 0.3) is 22.3 Å². The van der Waals surface area contributed by atoms with Gasteiger partial charge in [-0.05, 0) is 22.8 Å². The highest BCUT2D eigenvalue weighted by atomic mass is 15.0. The van der Waals surface area contributed by atoms with Crippen LogP contribution in [0.15, 0.2) is 60.8 Å². The number of aromatic nitrogens is 2. The van der Waals surface area contributed by atoms with Crippen LogP contribution in [0.2, 0.25) is 0 Å². The first kappa shape index (κ1) is 12.2. The van der Waals surface area contributed by atoms with Crippen LogP contribution in [0.1, 0.15) is 0 Å². The van der Waals surface area contributed by atoms with Gasteiger partial charge in [-0.3, -0.25) is 0 Å². The van der Waals surface area contributed by atoms with Crippen LogP contribution >= 0.6 is 0 Å². The van der Waals surface area contributed by atoms with E-state index in [1.165, 1.54) is 0 Å². The van der Waals surface area contributed by atoms with Crippen molar-refractivity contribution in [2.24, 2.45) is 0 Å². The zero-order chi connectivity index (χ0) is 13.9. The molecule has 4 nitrogen and oxygen atoms in total. The quantitative estimate of drug-likeness (QED) is 0.744. The molecule has 0 saturated heterocycles. The Bertz CT molecular complexity index is 738. The summed E-state index contributed by atoms with van der Waals surface area (Å²) in [5.41, 5.74) is 15.5. The van der Waals surface area contributed by atoms with Gasteiger partial charge in [0.1, 0.15) is 5.82 Å². The molecule has 0 spiro atoms. The largest absolute Gasteiger partial charge is 0.383 e. The van der Waals surface area contributed by atoms with E-state index in [9.17, 15) is 0 Å². The summed E-state index contributed by atoms with van der Waals surface area (Å²) < 4.78 is 0. The van der Waals surface area contributed by atoms with Crippen LogP contribution < -0.4 is 11.5 Å². The van der Waals surface area contributed by atoms with E-state index >= 15 is 0 Å². The Morgan fingerprint density at radius 1 is 0.750 bits per heavy atom. The number of hydrogen-bond acceptors (Lipinski definition) is 4. The van der Waals surface area contributed by atoms with E-state index in [0.29, 0.717) is 5.82 Å². The molecule has 0 saturated carbocycles. The van der Waals surface area contributed by atoms with E-state index in [2.05, 4.69) is 34.2 Å². The number of benzene rings is 2. The molecule has 0 unspecified atom stereocenters. The van der Waals surface area contributed by atoms with E-state index in [1.54, 1.807) is 6.20 Å². The van der Waals surface area contributed by atoms with Crippen LogP contribution in [0.4, 0.5) is 11.8 Å². The second-order valence-corrected chi connectivity index (χ2v) is 4.47. The summed E-state index contributed by atoms with van der Waals surface area (Å²) in [4.78, 5) is 8.00. The number of rotatable bonds is 2. The molecule has 1 heterocycles. The van der Waals surface area contributed by atoms with Crippen molar-refractivity contribution < 1.29 is 0 Å². The van der Waals surface area contributed by atoms with Gasteiger partial charge in [0, 0.05) is 11.8 Å². The molecule has 98 valence electrons. The predicted molar refractivity (Wildman–Crippen MR) is 81.7 cm³/mol. The van der Waals surface area contributed by atoms with Gasteiger partial charge >= 0.3 is 0 Å². The van der Waals surface area contributed by atoms with Crippen molar-refractivity contribution in [2.45, 2.75) is 0 Å². The van der Waals surface area contributed by atoms with Crippen molar-refractivity contribution in [3.05, 3.63) is 60.8 Å². The highest BCUT2D eigenvalue weighted by Gasteiger charge is 2.06. The van der Waals surface area contributed by atoms with Gasteiger partial charge in [0.2, 0.25) is 5.95 Å². The van der Waals surface area contributed by atoms with Gasteiger partial charge in [0.15, 0.2) is 0 Å². The average molecular weight is 262 g/mol. The molecular weight excluding hydrogens is 248 g/mol. The molecular formula is C16H14N4. The minimum Gasteiger partial charge on any atom is -0.383 e. The molecule has 2 aromatic carbocycles. The number of anilines is 2. The van der Waals surface area contributed by atoms with Crippen molar-refractivity contribution in [3.8, 4) is 22.3 Å². The second-order valence-electron chi connectivity index (χ2n) is 4.47. The van der Waals surface area contributed by atoms with Crippen LogP contribution in [0.5, 0.6) is 0 Å². The lowest BCUT2D eigenvalue weighted by atomic mass is 10.0. The van der Waals surface area contributed by atoms with Crippen molar-refractivity contribution in [1.82, 2.24) is 9.97 Å². The number of nitrogens with zero attached hydrogens (tertiary/aromatic N) is 2. The van der Waals surface area contributed by atoms with E-state index in [-0.39, 0.29) is 5.95 Å². The Balaban J connectivity index is 2.08. The molecule has 3 aromatic rings. The Labute approximate surface area is 117 Å². The zero-order valence-corrected chi connectivity index (χ0v) is 10.8. The summed E-state index contributed by atoms with van der Waals surface area (Å²) >= 11 is 0. The molecule has 0 aliphatic heterocycles. The van der Waals surface area contributed by atoms with Crippen molar-refractivity contribution >= 4 is 11.8 Å². The summed E-state index contributed by atoms with van der Waals surface area (Å²) in [5.74, 6) is 0.577. The number of hydrogen-bond donors (Lipinski definition) is 2. The molecule has 3 rings (SSSR count). The molecule has 0 radical (unpaired) electrons. The zero-order valence-electron chi connectivity index (χ0n) is 10.8. The van der Waals surface area contributed by atoms with Gasteiger partial charge in [0.05, 0.1) is 0 Å². The first-order chi connectivity index (χ1) is 9.74. The van der Waals surface area contributed by atoms with E-state index in [1.807, 2.05) is 30.3 Å². The third kappa shape index (κ3) is 2.31. The topological polar surface area (TPSA) is 77.8 Å². The van der Waals surface area contributed by atoms with Crippen LogP contribution in [0.3, 0.4) is 0 Å². The van der Waals surface area contributed by atoms with E-state index in [0.717, 1.165) is 22.3 Å². The average Bonchev–Trinajstić information content (AvgIpc) is 2.48. The monoisotopic (exact) mass is 262 g/mol. The van der Waals surface area contributed by atoms with Crippen molar-refractivity contribution in [3.63, 3.8) is 0 Å². The Kier molecular flexibility index (Phi) is 3.05. The van der Waals surface area contributed by atoms with Crippen molar-refractivity contribution in [1.29, 1.82) is 0 Å². The molecule has 0 fully saturated rings. The second kappa shape index (κ2) is 5.01. The molecule has 4 N–H and O–H groups in total.